The van der Waals surface area contributed by atoms with E-state index in [1.807, 2.05) is 11.8 Å². The summed E-state index contributed by atoms with van der Waals surface area (Å²) in [5, 5.41) is 9.11. The molecule has 2 atom stereocenters. The summed E-state index contributed by atoms with van der Waals surface area (Å²) in [5.41, 5.74) is 1.03. The van der Waals surface area contributed by atoms with Gasteiger partial charge in [-0.25, -0.2) is 9.97 Å². The highest BCUT2D eigenvalue weighted by Gasteiger charge is 2.39. The van der Waals surface area contributed by atoms with Gasteiger partial charge in [0.1, 0.15) is 11.6 Å². The molecule has 2 fully saturated rings. The van der Waals surface area contributed by atoms with E-state index in [0.717, 1.165) is 56.1 Å². The van der Waals surface area contributed by atoms with Gasteiger partial charge in [-0.15, -0.1) is 0 Å². The summed E-state index contributed by atoms with van der Waals surface area (Å²) in [6, 6.07) is 2.40. The summed E-state index contributed by atoms with van der Waals surface area (Å²) in [7, 11) is 0. The second-order valence-electron chi connectivity index (χ2n) is 7.30. The van der Waals surface area contributed by atoms with Gasteiger partial charge in [0.15, 0.2) is 0 Å². The van der Waals surface area contributed by atoms with Crippen molar-refractivity contribution in [1.82, 2.24) is 14.9 Å². The molecule has 3 rings (SSSR count). The fraction of sp³-hybridized carbons (Fsp3) is 0.737. The first kappa shape index (κ1) is 18.1. The lowest BCUT2D eigenvalue weighted by Crippen LogP contribution is -2.56. The monoisotopic (exact) mass is 346 g/mol. The maximum absolute atomic E-state index is 12.3. The van der Waals surface area contributed by atoms with E-state index >= 15 is 0 Å². The predicted octanol–water partition coefficient (Wildman–Crippen LogP) is 1.94. The van der Waals surface area contributed by atoms with Crippen LogP contribution in [0.25, 0.3) is 0 Å². The van der Waals surface area contributed by atoms with Crippen molar-refractivity contribution >= 4 is 11.7 Å². The van der Waals surface area contributed by atoms with Gasteiger partial charge in [-0.2, -0.15) is 0 Å². The molecule has 3 heterocycles. The average Bonchev–Trinajstić information content (AvgIpc) is 2.60. The number of likely N-dealkylation sites (tertiary alicyclic amines) is 1. The number of carbonyl (C=O) groups is 1. The molecule has 0 unspecified atom stereocenters. The van der Waals surface area contributed by atoms with Crippen LogP contribution in [0.5, 0.6) is 0 Å². The van der Waals surface area contributed by atoms with Gasteiger partial charge < -0.3 is 14.9 Å². The van der Waals surface area contributed by atoms with E-state index in [-0.39, 0.29) is 12.5 Å². The van der Waals surface area contributed by atoms with Crippen molar-refractivity contribution in [2.24, 2.45) is 5.92 Å². The van der Waals surface area contributed by atoms with Crippen LogP contribution in [0.1, 0.15) is 50.5 Å². The number of nitrogens with zero attached hydrogens (tertiary/aromatic N) is 4. The highest BCUT2D eigenvalue weighted by atomic mass is 16.3. The minimum Gasteiger partial charge on any atom is -0.396 e. The molecule has 0 aromatic carbocycles. The van der Waals surface area contributed by atoms with Gasteiger partial charge >= 0.3 is 0 Å². The molecule has 1 N–H and O–H groups in total. The molecule has 0 radical (unpaired) electrons. The molecule has 2 aliphatic rings. The number of carbonyl (C=O) groups excluding carboxylic acids is 1. The Hall–Kier alpha value is -1.69. The van der Waals surface area contributed by atoms with Crippen LogP contribution in [0.4, 0.5) is 5.82 Å². The fourth-order valence-electron chi connectivity index (χ4n) is 4.20. The summed E-state index contributed by atoms with van der Waals surface area (Å²) >= 11 is 0. The molecule has 138 valence electrons. The van der Waals surface area contributed by atoms with Crippen LogP contribution in [-0.4, -0.2) is 58.2 Å². The molecule has 0 spiro atoms. The van der Waals surface area contributed by atoms with E-state index in [2.05, 4.69) is 22.9 Å². The maximum atomic E-state index is 12.3. The van der Waals surface area contributed by atoms with Crippen LogP contribution in [0.3, 0.4) is 0 Å². The normalized spacial score (nSPS) is 23.7. The van der Waals surface area contributed by atoms with Gasteiger partial charge in [0, 0.05) is 56.9 Å². The molecular formula is C19H30N4O2. The third-order valence-electron chi connectivity index (χ3n) is 5.39. The highest BCUT2D eigenvalue weighted by Crippen LogP contribution is 2.33. The molecule has 0 aliphatic carbocycles. The van der Waals surface area contributed by atoms with Gasteiger partial charge in [-0.05, 0) is 38.5 Å². The second-order valence-corrected chi connectivity index (χ2v) is 7.30. The molecule has 6 heteroatoms. The number of anilines is 1. The van der Waals surface area contributed by atoms with Crippen molar-refractivity contribution in [3.05, 3.63) is 17.6 Å². The van der Waals surface area contributed by atoms with Crippen molar-refractivity contribution in [1.29, 1.82) is 0 Å². The third kappa shape index (κ3) is 4.11. The van der Waals surface area contributed by atoms with Crippen molar-refractivity contribution in [3.63, 3.8) is 0 Å². The Morgan fingerprint density at radius 1 is 1.32 bits per heavy atom. The quantitative estimate of drug-likeness (QED) is 0.852. The molecule has 2 aliphatic heterocycles. The first-order chi connectivity index (χ1) is 12.1. The average molecular weight is 346 g/mol. The minimum atomic E-state index is 0.147. The van der Waals surface area contributed by atoms with E-state index in [0.29, 0.717) is 31.3 Å². The predicted molar refractivity (Wildman–Crippen MR) is 97.5 cm³/mol. The number of amides is 1. The van der Waals surface area contributed by atoms with Gasteiger partial charge in [-0.1, -0.05) is 6.92 Å². The Bertz CT molecular complexity index is 607. The topological polar surface area (TPSA) is 69.6 Å². The molecule has 1 amide bonds. The van der Waals surface area contributed by atoms with E-state index in [1.54, 1.807) is 0 Å². The third-order valence-corrected chi connectivity index (χ3v) is 5.39. The standard InChI is InChI=1S/C19H30N4O2/c1-3-5-17-20-14(2)12-18(21-17)22-10-8-16-15(13-22)6-7-19(25)23(16)9-4-11-24/h12,15-16,24H,3-11,13H2,1-2H3/t15-,16+/m0/s1. The van der Waals surface area contributed by atoms with Gasteiger partial charge in [0.25, 0.3) is 0 Å². The van der Waals surface area contributed by atoms with Crippen LogP contribution < -0.4 is 4.90 Å². The Morgan fingerprint density at radius 3 is 2.92 bits per heavy atom. The number of aryl methyl sites for hydroxylation is 2. The van der Waals surface area contributed by atoms with Gasteiger partial charge in [0.05, 0.1) is 0 Å². The molecule has 0 saturated carbocycles. The minimum absolute atomic E-state index is 0.147. The maximum Gasteiger partial charge on any atom is 0.222 e. The van der Waals surface area contributed by atoms with Crippen LogP contribution >= 0.6 is 0 Å². The smallest absolute Gasteiger partial charge is 0.222 e. The number of aromatic nitrogens is 2. The number of aliphatic hydroxyl groups is 1. The lowest BCUT2D eigenvalue weighted by atomic mass is 9.83. The zero-order valence-corrected chi connectivity index (χ0v) is 15.4. The number of hydrogen-bond acceptors (Lipinski definition) is 5. The molecule has 2 saturated heterocycles. The zero-order chi connectivity index (χ0) is 17.8. The zero-order valence-electron chi connectivity index (χ0n) is 15.4. The van der Waals surface area contributed by atoms with Gasteiger partial charge in [0.2, 0.25) is 5.91 Å². The first-order valence-electron chi connectivity index (χ1n) is 9.62. The number of rotatable bonds is 6. The fourth-order valence-corrected chi connectivity index (χ4v) is 4.20. The van der Waals surface area contributed by atoms with Crippen LogP contribution in [0.2, 0.25) is 0 Å². The lowest BCUT2D eigenvalue weighted by Gasteiger charge is -2.47. The van der Waals surface area contributed by atoms with Crippen LogP contribution in [-0.2, 0) is 11.2 Å². The molecule has 6 nitrogen and oxygen atoms in total. The molecule has 0 bridgehead atoms. The summed E-state index contributed by atoms with van der Waals surface area (Å²) in [5.74, 6) is 2.72. The molecule has 25 heavy (non-hydrogen) atoms. The van der Waals surface area contributed by atoms with Crippen molar-refractivity contribution in [2.75, 3.05) is 31.1 Å². The van der Waals surface area contributed by atoms with E-state index in [1.165, 1.54) is 0 Å². The highest BCUT2D eigenvalue weighted by molar-refractivity contribution is 5.77. The van der Waals surface area contributed by atoms with E-state index in [9.17, 15) is 4.79 Å². The van der Waals surface area contributed by atoms with E-state index < -0.39 is 0 Å². The number of fused-ring (bicyclic) bond motifs is 1. The number of hydrogen-bond donors (Lipinski definition) is 1. The Labute approximate surface area is 150 Å². The Kier molecular flexibility index (Phi) is 5.89. The summed E-state index contributed by atoms with van der Waals surface area (Å²) in [6.45, 7) is 6.89. The molecule has 1 aromatic rings. The first-order valence-corrected chi connectivity index (χ1v) is 9.62. The Balaban J connectivity index is 1.72. The van der Waals surface area contributed by atoms with Crippen molar-refractivity contribution in [2.45, 2.75) is 58.4 Å². The molecular weight excluding hydrogens is 316 g/mol. The molecule has 1 aromatic heterocycles. The van der Waals surface area contributed by atoms with Crippen molar-refractivity contribution < 1.29 is 9.90 Å². The second kappa shape index (κ2) is 8.13. The van der Waals surface area contributed by atoms with Crippen LogP contribution in [0.15, 0.2) is 6.07 Å². The summed E-state index contributed by atoms with van der Waals surface area (Å²) < 4.78 is 0. The van der Waals surface area contributed by atoms with E-state index in [4.69, 9.17) is 10.1 Å². The number of piperidine rings is 2. The number of aliphatic hydroxyl groups excluding tert-OH is 1. The van der Waals surface area contributed by atoms with Crippen LogP contribution in [0, 0.1) is 12.8 Å². The SMILES string of the molecule is CCCc1nc(C)cc(N2CC[C@@H]3[C@@H](CCC(=O)N3CCCO)C2)n1. The van der Waals surface area contributed by atoms with Crippen molar-refractivity contribution in [3.8, 4) is 0 Å². The Morgan fingerprint density at radius 2 is 2.16 bits per heavy atom. The summed E-state index contributed by atoms with van der Waals surface area (Å²) in [6.07, 6.45) is 5.21. The van der Waals surface area contributed by atoms with Gasteiger partial charge in [-0.3, -0.25) is 4.79 Å². The largest absolute Gasteiger partial charge is 0.396 e. The summed E-state index contributed by atoms with van der Waals surface area (Å²) in [4.78, 5) is 26.0. The lowest BCUT2D eigenvalue weighted by molar-refractivity contribution is -0.139.